The number of carboxylic acid groups (broad SMARTS) is 1. The molecule has 8 rings (SSSR count). The number of aliphatic hydroxyl groups is 2. The van der Waals surface area contributed by atoms with Gasteiger partial charge in [-0.05, 0) is 136 Å². The molecule has 72 heavy (non-hydrogen) atoms. The van der Waals surface area contributed by atoms with Crippen LogP contribution >= 0.6 is 0 Å². The molecule has 4 aromatic carbocycles. The van der Waals surface area contributed by atoms with Crippen molar-refractivity contribution in [1.82, 2.24) is 30.6 Å². The number of amides is 2. The van der Waals surface area contributed by atoms with Gasteiger partial charge in [-0.2, -0.15) is 0 Å². The Morgan fingerprint density at radius 2 is 0.861 bits per heavy atom. The van der Waals surface area contributed by atoms with Crippen LogP contribution in [0.25, 0.3) is 22.3 Å². The van der Waals surface area contributed by atoms with Crippen molar-refractivity contribution in [3.05, 3.63) is 143 Å². The number of aliphatic carboxylic acids is 1. The summed E-state index contributed by atoms with van der Waals surface area (Å²) in [7, 11) is 0. The summed E-state index contributed by atoms with van der Waals surface area (Å²) in [6.45, 7) is 9.82. The van der Waals surface area contributed by atoms with Gasteiger partial charge >= 0.3 is 5.97 Å². The molecule has 16 nitrogen and oxygen atoms in total. The lowest BCUT2D eigenvalue weighted by atomic mass is 9.92. The molecule has 2 saturated heterocycles. The van der Waals surface area contributed by atoms with Gasteiger partial charge in [-0.15, -0.1) is 0 Å². The molecule has 2 aromatic heterocycles. The number of nitrogens with zero attached hydrogens (tertiary/aromatic N) is 6. The van der Waals surface area contributed by atoms with Gasteiger partial charge in [0.2, 0.25) is 6.17 Å². The summed E-state index contributed by atoms with van der Waals surface area (Å²) in [4.78, 5) is 62.0. The van der Waals surface area contributed by atoms with Crippen molar-refractivity contribution in [3.63, 3.8) is 0 Å². The maximum atomic E-state index is 13.6. The Labute approximate surface area is 419 Å². The summed E-state index contributed by atoms with van der Waals surface area (Å²) in [5, 5.41) is 55.8. The van der Waals surface area contributed by atoms with Crippen LogP contribution in [0.2, 0.25) is 0 Å². The van der Waals surface area contributed by atoms with Gasteiger partial charge in [-0.25, -0.2) is 24.7 Å². The fraction of sp³-hybridized carbons (Fsp3) is 0.375. The van der Waals surface area contributed by atoms with E-state index in [0.717, 1.165) is 96.6 Å². The molecule has 0 saturated carbocycles. The number of aromatic nitrogens is 4. The Hall–Kier alpha value is -7.43. The molecule has 0 radical (unpaired) electrons. The lowest BCUT2D eigenvalue weighted by molar-refractivity contribution is -0.139. The van der Waals surface area contributed by atoms with Crippen LogP contribution in [0.5, 0.6) is 11.5 Å². The molecule has 2 atom stereocenters. The van der Waals surface area contributed by atoms with Gasteiger partial charge in [0.15, 0.2) is 22.9 Å². The number of hydrogen-bond donors (Lipinski definition) is 7. The van der Waals surface area contributed by atoms with Crippen molar-refractivity contribution in [2.45, 2.75) is 97.4 Å². The fourth-order valence-electron chi connectivity index (χ4n) is 9.69. The SMILES string of the molecule is Cc1nc(CC2CCN(c3ccc(-c4ccc(C[C@H](C)O)cc4)cc3)CC2)nc(C(=O)NC(NC(=O)c2nc(CC3CCN(c4ccc(-c5ccc(C[C@H](C)O)cc5)cc4)CC3)nc(C)c2O)C(=O)O)c1O. The molecule has 16 heteroatoms. The first-order valence-electron chi connectivity index (χ1n) is 24.8. The Bertz CT molecular complexity index is 2650. The third kappa shape index (κ3) is 12.7. The molecule has 0 bridgehead atoms. The van der Waals surface area contributed by atoms with E-state index >= 15 is 0 Å². The number of anilines is 2. The van der Waals surface area contributed by atoms with E-state index in [1.165, 1.54) is 13.8 Å². The number of aromatic hydroxyl groups is 2. The molecular weight excluding hydrogens is 913 g/mol. The average molecular weight is 977 g/mol. The number of carbonyl (C=O) groups excluding carboxylic acids is 2. The molecule has 4 heterocycles. The second-order valence-electron chi connectivity index (χ2n) is 19.4. The van der Waals surface area contributed by atoms with Gasteiger partial charge in [0.1, 0.15) is 11.6 Å². The highest BCUT2D eigenvalue weighted by Gasteiger charge is 2.30. The third-order valence-electron chi connectivity index (χ3n) is 13.7. The number of nitrogens with one attached hydrogen (secondary N) is 2. The maximum absolute atomic E-state index is 13.6. The van der Waals surface area contributed by atoms with E-state index < -0.39 is 46.8 Å². The van der Waals surface area contributed by atoms with E-state index in [2.05, 4.69) is 113 Å². The zero-order valence-corrected chi connectivity index (χ0v) is 41.3. The predicted molar refractivity (Wildman–Crippen MR) is 275 cm³/mol. The lowest BCUT2D eigenvalue weighted by Crippen LogP contribution is -2.53. The van der Waals surface area contributed by atoms with Crippen molar-refractivity contribution in [3.8, 4) is 33.8 Å². The van der Waals surface area contributed by atoms with E-state index in [1.807, 2.05) is 24.3 Å². The average Bonchev–Trinajstić information content (AvgIpc) is 3.36. The molecule has 6 aromatic rings. The van der Waals surface area contributed by atoms with E-state index in [-0.39, 0.29) is 35.4 Å². The molecule has 376 valence electrons. The first-order valence-corrected chi connectivity index (χ1v) is 24.8. The minimum atomic E-state index is -1.97. The number of carboxylic acids is 1. The molecule has 7 N–H and O–H groups in total. The number of aliphatic hydroxyl groups excluding tert-OH is 2. The minimum absolute atomic E-state index is 0.151. The van der Waals surface area contributed by atoms with Crippen LogP contribution in [-0.2, 0) is 30.5 Å². The number of carbonyl (C=O) groups is 3. The number of aryl methyl sites for hydroxylation is 2. The molecule has 2 aliphatic heterocycles. The zero-order valence-electron chi connectivity index (χ0n) is 41.3. The summed E-state index contributed by atoms with van der Waals surface area (Å²) < 4.78 is 0. The topological polar surface area (TPSA) is 234 Å². The van der Waals surface area contributed by atoms with Gasteiger partial charge in [-0.3, -0.25) is 9.59 Å². The minimum Gasteiger partial charge on any atom is -0.504 e. The Kier molecular flexibility index (Phi) is 16.1. The smallest absolute Gasteiger partial charge is 0.347 e. The van der Waals surface area contributed by atoms with Crippen LogP contribution in [0.15, 0.2) is 97.1 Å². The van der Waals surface area contributed by atoms with Gasteiger partial charge < -0.3 is 46.0 Å². The standard InChI is InChI=1S/C56H64N8O8/c1-33(65)29-37-5-9-41(10-6-37)43-13-17-45(18-14-43)63-25-21-39(22-26-63)31-47-57-35(3)51(67)49(59-47)54(69)61-53(56(71)72)62-55(70)50-52(68)36(4)58-48(60-50)32-40-23-27-64(28-24-40)46-19-15-44(16-20-46)42-11-7-38(8-12-42)30-34(2)66/h5-20,33-34,39-40,53,65-68H,21-32H2,1-4H3,(H,61,69)(H,62,70)(H,71,72)/t33-,34-/m0/s1. The van der Waals surface area contributed by atoms with Crippen molar-refractivity contribution in [2.75, 3.05) is 36.0 Å². The normalized spacial score (nSPS) is 15.3. The first kappa shape index (κ1) is 50.9. The van der Waals surface area contributed by atoms with Gasteiger partial charge in [0.05, 0.1) is 23.6 Å². The number of piperidine rings is 2. The molecule has 0 unspecified atom stereocenters. The summed E-state index contributed by atoms with van der Waals surface area (Å²) >= 11 is 0. The second kappa shape index (κ2) is 22.8. The summed E-state index contributed by atoms with van der Waals surface area (Å²) in [5.41, 5.74) is 8.29. The van der Waals surface area contributed by atoms with E-state index in [1.54, 1.807) is 13.8 Å². The number of benzene rings is 4. The van der Waals surface area contributed by atoms with Crippen LogP contribution in [0.4, 0.5) is 11.4 Å². The van der Waals surface area contributed by atoms with E-state index in [9.17, 15) is 39.9 Å². The van der Waals surface area contributed by atoms with E-state index in [0.29, 0.717) is 37.3 Å². The highest BCUT2D eigenvalue weighted by atomic mass is 16.4. The summed E-state index contributed by atoms with van der Waals surface area (Å²) in [6.07, 6.45) is 2.69. The van der Waals surface area contributed by atoms with E-state index in [4.69, 9.17) is 0 Å². The second-order valence-corrected chi connectivity index (χ2v) is 19.4. The quantitative estimate of drug-likeness (QED) is 0.0458. The highest BCUT2D eigenvalue weighted by Crippen LogP contribution is 2.31. The van der Waals surface area contributed by atoms with Crippen molar-refractivity contribution in [1.29, 1.82) is 0 Å². The monoisotopic (exact) mass is 976 g/mol. The Balaban J connectivity index is 0.835. The maximum Gasteiger partial charge on any atom is 0.347 e. The van der Waals surface area contributed by atoms with Gasteiger partial charge in [-0.1, -0.05) is 72.8 Å². The molecular formula is C56H64N8O8. The Morgan fingerprint density at radius 1 is 0.542 bits per heavy atom. The Morgan fingerprint density at radius 3 is 1.17 bits per heavy atom. The largest absolute Gasteiger partial charge is 0.504 e. The van der Waals surface area contributed by atoms with Crippen LogP contribution in [0.1, 0.15) is 94.7 Å². The first-order chi connectivity index (χ1) is 34.6. The van der Waals surface area contributed by atoms with Crippen LogP contribution < -0.4 is 20.4 Å². The molecule has 0 spiro atoms. The summed E-state index contributed by atoms with van der Waals surface area (Å²) in [6, 6.07) is 33.4. The van der Waals surface area contributed by atoms with Crippen LogP contribution in [0, 0.1) is 25.7 Å². The molecule has 0 aliphatic carbocycles. The summed E-state index contributed by atoms with van der Waals surface area (Å²) in [5.74, 6) is -3.65. The van der Waals surface area contributed by atoms with Gasteiger partial charge in [0.25, 0.3) is 11.8 Å². The predicted octanol–water partition coefficient (Wildman–Crippen LogP) is 6.96. The van der Waals surface area contributed by atoms with Gasteiger partial charge in [0, 0.05) is 50.4 Å². The number of rotatable bonds is 17. The van der Waals surface area contributed by atoms with Crippen LogP contribution in [0.3, 0.4) is 0 Å². The van der Waals surface area contributed by atoms with Crippen LogP contribution in [-0.4, -0.2) is 108 Å². The molecule has 2 amide bonds. The zero-order chi connectivity index (χ0) is 51.1. The highest BCUT2D eigenvalue weighted by molar-refractivity contribution is 6.00. The lowest BCUT2D eigenvalue weighted by Gasteiger charge is -2.33. The van der Waals surface area contributed by atoms with Crippen molar-refractivity contribution >= 4 is 29.2 Å². The van der Waals surface area contributed by atoms with Crippen molar-refractivity contribution < 1.29 is 39.9 Å². The van der Waals surface area contributed by atoms with Crippen molar-refractivity contribution in [2.24, 2.45) is 11.8 Å². The number of hydrogen-bond acceptors (Lipinski definition) is 13. The molecule has 2 fully saturated rings. The third-order valence-corrected chi connectivity index (χ3v) is 13.7. The molecule has 2 aliphatic rings. The fourth-order valence-corrected chi connectivity index (χ4v) is 9.69.